The Balaban J connectivity index is 2.78. The van der Waals surface area contributed by atoms with Crippen molar-refractivity contribution in [3.05, 3.63) is 24.3 Å². The van der Waals surface area contributed by atoms with E-state index in [9.17, 15) is 0 Å². The van der Waals surface area contributed by atoms with E-state index in [-0.39, 0.29) is 0 Å². The summed E-state index contributed by atoms with van der Waals surface area (Å²) in [5.41, 5.74) is 2.53. The van der Waals surface area contributed by atoms with E-state index >= 15 is 0 Å². The zero-order valence-corrected chi connectivity index (χ0v) is 11.0. The number of hydrogen-bond donors (Lipinski definition) is 1. The van der Waals surface area contributed by atoms with Gasteiger partial charge in [0, 0.05) is 19.6 Å². The van der Waals surface area contributed by atoms with Crippen LogP contribution in [0.15, 0.2) is 24.3 Å². The summed E-state index contributed by atoms with van der Waals surface area (Å²) >= 11 is 0. The van der Waals surface area contributed by atoms with Crippen LogP contribution in [0.2, 0.25) is 0 Å². The molecule has 0 saturated carbocycles. The van der Waals surface area contributed by atoms with Crippen LogP contribution >= 0.6 is 0 Å². The minimum atomic E-state index is 0.538. The van der Waals surface area contributed by atoms with Crippen LogP contribution in [-0.2, 0) is 0 Å². The summed E-state index contributed by atoms with van der Waals surface area (Å²) in [7, 11) is 2.13. The molecule has 0 fully saturated rings. The van der Waals surface area contributed by atoms with E-state index in [1.54, 1.807) is 0 Å². The molecule has 0 aliphatic rings. The van der Waals surface area contributed by atoms with Crippen molar-refractivity contribution >= 4 is 11.4 Å². The molecule has 0 spiro atoms. The van der Waals surface area contributed by atoms with E-state index in [0.717, 1.165) is 6.54 Å². The highest BCUT2D eigenvalue weighted by atomic mass is 15.1. The van der Waals surface area contributed by atoms with Crippen LogP contribution in [0.3, 0.4) is 0 Å². The molecule has 0 aromatic heterocycles. The summed E-state index contributed by atoms with van der Waals surface area (Å²) in [5.74, 6) is 0. The van der Waals surface area contributed by atoms with Crippen molar-refractivity contribution in [3.63, 3.8) is 0 Å². The third-order valence-electron chi connectivity index (χ3n) is 2.91. The minimum absolute atomic E-state index is 0.538. The van der Waals surface area contributed by atoms with Gasteiger partial charge in [-0.2, -0.15) is 0 Å². The Morgan fingerprint density at radius 3 is 2.56 bits per heavy atom. The van der Waals surface area contributed by atoms with E-state index < -0.39 is 0 Å². The van der Waals surface area contributed by atoms with Crippen molar-refractivity contribution in [1.82, 2.24) is 0 Å². The maximum Gasteiger partial charge on any atom is 0.0599 e. The average molecular weight is 220 g/mol. The molecule has 1 rings (SSSR count). The molecule has 1 N–H and O–H groups in total. The lowest BCUT2D eigenvalue weighted by molar-refractivity contribution is 0.690. The Morgan fingerprint density at radius 2 is 1.94 bits per heavy atom. The second-order valence-corrected chi connectivity index (χ2v) is 4.37. The van der Waals surface area contributed by atoms with Crippen molar-refractivity contribution in [2.75, 3.05) is 23.8 Å². The van der Waals surface area contributed by atoms with E-state index in [0.29, 0.717) is 6.04 Å². The molecule has 0 aliphatic heterocycles. The van der Waals surface area contributed by atoms with Crippen molar-refractivity contribution < 1.29 is 0 Å². The predicted molar refractivity (Wildman–Crippen MR) is 73.4 cm³/mol. The Kier molecular flexibility index (Phi) is 5.17. The standard InChI is InChI=1S/C14H24N2/c1-5-9-12(3)15-13-10-7-8-11-14(13)16(4)6-2/h7-8,10-12,15H,5-6,9H2,1-4H3. The first-order valence-corrected chi connectivity index (χ1v) is 6.25. The lowest BCUT2D eigenvalue weighted by Crippen LogP contribution is -2.20. The van der Waals surface area contributed by atoms with Crippen LogP contribution in [0, 0.1) is 0 Å². The van der Waals surface area contributed by atoms with E-state index in [1.807, 2.05) is 0 Å². The molecule has 0 saturated heterocycles. The molecule has 0 aliphatic carbocycles. The Hall–Kier alpha value is -1.18. The first kappa shape index (κ1) is 12.9. The third-order valence-corrected chi connectivity index (χ3v) is 2.91. The van der Waals surface area contributed by atoms with Crippen molar-refractivity contribution in [2.24, 2.45) is 0 Å². The SMILES string of the molecule is CCCC(C)Nc1ccccc1N(C)CC. The molecule has 1 atom stereocenters. The topological polar surface area (TPSA) is 15.3 Å². The number of hydrogen-bond acceptors (Lipinski definition) is 2. The minimum Gasteiger partial charge on any atom is -0.381 e. The molecule has 0 radical (unpaired) electrons. The molecule has 90 valence electrons. The van der Waals surface area contributed by atoms with Gasteiger partial charge in [-0.15, -0.1) is 0 Å². The fourth-order valence-electron chi connectivity index (χ4n) is 1.87. The summed E-state index contributed by atoms with van der Waals surface area (Å²) in [4.78, 5) is 2.26. The number of rotatable bonds is 6. The van der Waals surface area contributed by atoms with Crippen LogP contribution < -0.4 is 10.2 Å². The molecule has 0 bridgehead atoms. The van der Waals surface area contributed by atoms with Crippen molar-refractivity contribution in [1.29, 1.82) is 0 Å². The quantitative estimate of drug-likeness (QED) is 0.785. The van der Waals surface area contributed by atoms with Gasteiger partial charge in [-0.05, 0) is 32.4 Å². The first-order valence-electron chi connectivity index (χ1n) is 6.25. The Bertz CT molecular complexity index is 309. The molecule has 1 aromatic rings. The predicted octanol–water partition coefficient (Wildman–Crippen LogP) is 3.74. The summed E-state index contributed by atoms with van der Waals surface area (Å²) in [5, 5.41) is 3.58. The van der Waals surface area contributed by atoms with Crippen LogP contribution in [0.25, 0.3) is 0 Å². The van der Waals surface area contributed by atoms with Crippen LogP contribution in [0.5, 0.6) is 0 Å². The van der Waals surface area contributed by atoms with Gasteiger partial charge in [-0.1, -0.05) is 25.5 Å². The fourth-order valence-corrected chi connectivity index (χ4v) is 1.87. The summed E-state index contributed by atoms with van der Waals surface area (Å²) in [6.07, 6.45) is 2.43. The molecule has 1 unspecified atom stereocenters. The summed E-state index contributed by atoms with van der Waals surface area (Å²) in [6.45, 7) is 7.67. The lowest BCUT2D eigenvalue weighted by Gasteiger charge is -2.23. The highest BCUT2D eigenvalue weighted by Crippen LogP contribution is 2.25. The monoisotopic (exact) mass is 220 g/mol. The fraction of sp³-hybridized carbons (Fsp3) is 0.571. The van der Waals surface area contributed by atoms with Gasteiger partial charge in [0.1, 0.15) is 0 Å². The zero-order chi connectivity index (χ0) is 12.0. The normalized spacial score (nSPS) is 12.2. The van der Waals surface area contributed by atoms with Crippen molar-refractivity contribution in [2.45, 2.75) is 39.7 Å². The maximum atomic E-state index is 3.58. The third kappa shape index (κ3) is 3.44. The van der Waals surface area contributed by atoms with E-state index in [4.69, 9.17) is 0 Å². The van der Waals surface area contributed by atoms with Gasteiger partial charge >= 0.3 is 0 Å². The van der Waals surface area contributed by atoms with Gasteiger partial charge in [0.15, 0.2) is 0 Å². The zero-order valence-electron chi connectivity index (χ0n) is 11.0. The molecule has 1 aromatic carbocycles. The number of para-hydroxylation sites is 2. The highest BCUT2D eigenvalue weighted by molar-refractivity contribution is 5.69. The molecule has 2 nitrogen and oxygen atoms in total. The van der Waals surface area contributed by atoms with Crippen LogP contribution in [-0.4, -0.2) is 19.6 Å². The molecule has 2 heteroatoms. The second-order valence-electron chi connectivity index (χ2n) is 4.37. The van der Waals surface area contributed by atoms with Crippen molar-refractivity contribution in [3.8, 4) is 0 Å². The van der Waals surface area contributed by atoms with Gasteiger partial charge in [0.25, 0.3) is 0 Å². The Morgan fingerprint density at radius 1 is 1.25 bits per heavy atom. The van der Waals surface area contributed by atoms with Gasteiger partial charge < -0.3 is 10.2 Å². The largest absolute Gasteiger partial charge is 0.381 e. The molecule has 16 heavy (non-hydrogen) atoms. The van der Waals surface area contributed by atoms with Gasteiger partial charge in [0.05, 0.1) is 11.4 Å². The molecular formula is C14H24N2. The number of anilines is 2. The average Bonchev–Trinajstić information content (AvgIpc) is 2.29. The summed E-state index contributed by atoms with van der Waals surface area (Å²) < 4.78 is 0. The number of nitrogens with zero attached hydrogens (tertiary/aromatic N) is 1. The maximum absolute atomic E-state index is 3.58. The van der Waals surface area contributed by atoms with E-state index in [2.05, 4.69) is 62.3 Å². The first-order chi connectivity index (χ1) is 7.69. The van der Waals surface area contributed by atoms with Crippen LogP contribution in [0.4, 0.5) is 11.4 Å². The van der Waals surface area contributed by atoms with E-state index in [1.165, 1.54) is 24.2 Å². The summed E-state index contributed by atoms with van der Waals surface area (Å²) in [6, 6.07) is 9.06. The number of benzene rings is 1. The molecular weight excluding hydrogens is 196 g/mol. The molecule has 0 heterocycles. The molecule has 0 amide bonds. The van der Waals surface area contributed by atoms with Gasteiger partial charge in [-0.25, -0.2) is 0 Å². The lowest BCUT2D eigenvalue weighted by atomic mass is 10.1. The highest BCUT2D eigenvalue weighted by Gasteiger charge is 2.07. The van der Waals surface area contributed by atoms with Crippen LogP contribution in [0.1, 0.15) is 33.6 Å². The second kappa shape index (κ2) is 6.41. The number of nitrogens with one attached hydrogen (secondary N) is 1. The van der Waals surface area contributed by atoms with Gasteiger partial charge in [-0.3, -0.25) is 0 Å². The van der Waals surface area contributed by atoms with Gasteiger partial charge in [0.2, 0.25) is 0 Å². The smallest absolute Gasteiger partial charge is 0.0599 e. The Labute approximate surface area is 99.7 Å².